The van der Waals surface area contributed by atoms with Crippen LogP contribution in [0.1, 0.15) is 36.0 Å². The van der Waals surface area contributed by atoms with Crippen molar-refractivity contribution in [2.75, 3.05) is 32.8 Å². The maximum absolute atomic E-state index is 13.2. The van der Waals surface area contributed by atoms with Gasteiger partial charge in [0.1, 0.15) is 11.3 Å². The highest BCUT2D eigenvalue weighted by molar-refractivity contribution is 7.89. The summed E-state index contributed by atoms with van der Waals surface area (Å²) >= 11 is 0. The number of para-hydroxylation sites is 1. The maximum atomic E-state index is 13.2. The number of sulfonamides is 1. The summed E-state index contributed by atoms with van der Waals surface area (Å²) in [5.41, 5.74) is 1.22. The largest absolute Gasteiger partial charge is 0.459 e. The van der Waals surface area contributed by atoms with E-state index < -0.39 is 10.0 Å². The van der Waals surface area contributed by atoms with Gasteiger partial charge in [-0.25, -0.2) is 8.42 Å². The van der Waals surface area contributed by atoms with Crippen LogP contribution in [0, 0.1) is 0 Å². The molecule has 0 bridgehead atoms. The number of rotatable bonds is 6. The van der Waals surface area contributed by atoms with Gasteiger partial charge in [0, 0.05) is 30.6 Å². The molecule has 1 aliphatic heterocycles. The minimum absolute atomic E-state index is 0.175. The lowest BCUT2D eigenvalue weighted by atomic mass is 10.1. The van der Waals surface area contributed by atoms with Crippen molar-refractivity contribution < 1.29 is 22.4 Å². The van der Waals surface area contributed by atoms with Crippen LogP contribution in [-0.4, -0.2) is 56.4 Å². The number of fused-ring (bicyclic) bond motifs is 1. The maximum Gasteiger partial charge on any atom is 0.254 e. The number of furan rings is 1. The van der Waals surface area contributed by atoms with Crippen molar-refractivity contribution in [2.24, 2.45) is 0 Å². The second kappa shape index (κ2) is 8.82. The number of hydrogen-bond acceptors (Lipinski definition) is 5. The van der Waals surface area contributed by atoms with Gasteiger partial charge in [-0.15, -0.1) is 0 Å². The van der Waals surface area contributed by atoms with Gasteiger partial charge >= 0.3 is 0 Å². The molecule has 0 spiro atoms. The molecule has 1 amide bonds. The van der Waals surface area contributed by atoms with Crippen molar-refractivity contribution in [1.29, 1.82) is 0 Å². The van der Waals surface area contributed by atoms with E-state index in [4.69, 9.17) is 9.15 Å². The molecule has 0 aliphatic carbocycles. The van der Waals surface area contributed by atoms with Crippen molar-refractivity contribution in [3.05, 3.63) is 65.9 Å². The number of carbonyl (C=O) groups excluding carboxylic acids is 1. The second-order valence-corrected chi connectivity index (χ2v) is 9.43. The van der Waals surface area contributed by atoms with Gasteiger partial charge < -0.3 is 14.1 Å². The number of nitrogens with zero attached hydrogens (tertiary/aromatic N) is 2. The Morgan fingerprint density at radius 2 is 1.77 bits per heavy atom. The Morgan fingerprint density at radius 1 is 1.10 bits per heavy atom. The topological polar surface area (TPSA) is 80.1 Å². The molecule has 164 valence electrons. The first kappa shape index (κ1) is 21.5. The lowest BCUT2D eigenvalue weighted by molar-refractivity contribution is 0.0684. The lowest BCUT2D eigenvalue weighted by Crippen LogP contribution is -2.40. The van der Waals surface area contributed by atoms with Crippen LogP contribution < -0.4 is 0 Å². The molecule has 1 aliphatic rings. The normalized spacial score (nSPS) is 16.3. The molecule has 1 fully saturated rings. The van der Waals surface area contributed by atoms with Crippen molar-refractivity contribution in [3.63, 3.8) is 0 Å². The summed E-state index contributed by atoms with van der Waals surface area (Å²) in [7, 11) is -3.59. The number of morpholine rings is 1. The Kier molecular flexibility index (Phi) is 6.13. The molecule has 1 unspecified atom stereocenters. The zero-order valence-electron chi connectivity index (χ0n) is 17.7. The fourth-order valence-electron chi connectivity index (χ4n) is 3.83. The van der Waals surface area contributed by atoms with Crippen LogP contribution in [0.25, 0.3) is 11.0 Å². The van der Waals surface area contributed by atoms with E-state index in [2.05, 4.69) is 0 Å². The summed E-state index contributed by atoms with van der Waals surface area (Å²) in [5, 5.41) is 0.991. The van der Waals surface area contributed by atoms with Gasteiger partial charge in [-0.2, -0.15) is 4.31 Å². The SMILES string of the molecule is CCN(C(=O)c1ccc(S(=O)(=O)N2CCOCC2)cc1)C(C)c1cc2ccccc2o1. The minimum Gasteiger partial charge on any atom is -0.459 e. The average Bonchev–Trinajstić information content (AvgIpc) is 3.24. The Labute approximate surface area is 182 Å². The summed E-state index contributed by atoms with van der Waals surface area (Å²) in [5.74, 6) is 0.536. The Balaban J connectivity index is 1.54. The van der Waals surface area contributed by atoms with E-state index in [1.54, 1.807) is 17.0 Å². The van der Waals surface area contributed by atoms with Crippen LogP contribution in [0.15, 0.2) is 63.9 Å². The van der Waals surface area contributed by atoms with E-state index in [0.717, 1.165) is 11.0 Å². The van der Waals surface area contributed by atoms with E-state index >= 15 is 0 Å². The van der Waals surface area contributed by atoms with Gasteiger partial charge in [-0.05, 0) is 50.2 Å². The molecule has 2 heterocycles. The van der Waals surface area contributed by atoms with Crippen molar-refractivity contribution >= 4 is 26.9 Å². The monoisotopic (exact) mass is 442 g/mol. The summed E-state index contributed by atoms with van der Waals surface area (Å²) < 4.78 is 38.2. The number of amides is 1. The van der Waals surface area contributed by atoms with Crippen LogP contribution in [0.2, 0.25) is 0 Å². The Hall–Kier alpha value is -2.68. The number of benzene rings is 2. The average molecular weight is 443 g/mol. The molecule has 2 aromatic carbocycles. The fraction of sp³-hybridized carbons (Fsp3) is 0.348. The summed E-state index contributed by atoms with van der Waals surface area (Å²) in [6.45, 7) is 5.78. The predicted molar refractivity (Wildman–Crippen MR) is 117 cm³/mol. The Morgan fingerprint density at radius 3 is 2.42 bits per heavy atom. The van der Waals surface area contributed by atoms with Gasteiger partial charge in [0.05, 0.1) is 24.2 Å². The van der Waals surface area contributed by atoms with Crippen LogP contribution in [0.5, 0.6) is 0 Å². The van der Waals surface area contributed by atoms with E-state index in [0.29, 0.717) is 44.2 Å². The van der Waals surface area contributed by atoms with Gasteiger partial charge in [-0.1, -0.05) is 18.2 Å². The molecule has 0 radical (unpaired) electrons. The number of hydrogen-bond donors (Lipinski definition) is 0. The third-order valence-corrected chi connectivity index (χ3v) is 7.55. The summed E-state index contributed by atoms with van der Waals surface area (Å²) in [6, 6.07) is 15.6. The first-order valence-corrected chi connectivity index (χ1v) is 11.8. The molecule has 4 rings (SSSR count). The van der Waals surface area contributed by atoms with Crippen LogP contribution in [0.4, 0.5) is 0 Å². The quantitative estimate of drug-likeness (QED) is 0.582. The molecule has 31 heavy (non-hydrogen) atoms. The molecule has 1 aromatic heterocycles. The summed E-state index contributed by atoms with van der Waals surface area (Å²) in [6.07, 6.45) is 0. The van der Waals surface area contributed by atoms with E-state index in [1.807, 2.05) is 44.2 Å². The van der Waals surface area contributed by atoms with Gasteiger partial charge in [0.25, 0.3) is 5.91 Å². The minimum atomic E-state index is -3.59. The molecule has 1 atom stereocenters. The molecular formula is C23H26N2O5S. The molecule has 7 nitrogen and oxygen atoms in total. The summed E-state index contributed by atoms with van der Waals surface area (Å²) in [4.78, 5) is 15.1. The van der Waals surface area contributed by atoms with Crippen LogP contribution >= 0.6 is 0 Å². The number of ether oxygens (including phenoxy) is 1. The predicted octanol–water partition coefficient (Wildman–Crippen LogP) is 3.68. The van der Waals surface area contributed by atoms with Crippen molar-refractivity contribution in [3.8, 4) is 0 Å². The molecule has 8 heteroatoms. The smallest absolute Gasteiger partial charge is 0.254 e. The first-order valence-electron chi connectivity index (χ1n) is 10.4. The molecular weight excluding hydrogens is 416 g/mol. The van der Waals surface area contributed by atoms with Gasteiger partial charge in [-0.3, -0.25) is 4.79 Å². The highest BCUT2D eigenvalue weighted by atomic mass is 32.2. The van der Waals surface area contributed by atoms with Crippen molar-refractivity contribution in [1.82, 2.24) is 9.21 Å². The zero-order chi connectivity index (χ0) is 22.0. The van der Waals surface area contributed by atoms with Gasteiger partial charge in [0.15, 0.2) is 0 Å². The third kappa shape index (κ3) is 4.23. The zero-order valence-corrected chi connectivity index (χ0v) is 18.5. The standard InChI is InChI=1S/C23H26N2O5S/c1-3-25(17(2)22-16-19-6-4-5-7-21(19)30-22)23(26)18-8-10-20(11-9-18)31(27,28)24-12-14-29-15-13-24/h4-11,16-17H,3,12-15H2,1-2H3. The highest BCUT2D eigenvalue weighted by Gasteiger charge is 2.28. The molecule has 3 aromatic rings. The Bertz CT molecular complexity index is 1130. The van der Waals surface area contributed by atoms with E-state index in [1.165, 1.54) is 16.4 Å². The first-order chi connectivity index (χ1) is 14.9. The van der Waals surface area contributed by atoms with E-state index in [-0.39, 0.29) is 16.8 Å². The molecule has 0 saturated carbocycles. The fourth-order valence-corrected chi connectivity index (χ4v) is 5.23. The lowest BCUT2D eigenvalue weighted by Gasteiger charge is -2.27. The van der Waals surface area contributed by atoms with Gasteiger partial charge in [0.2, 0.25) is 10.0 Å². The molecule has 1 saturated heterocycles. The highest BCUT2D eigenvalue weighted by Crippen LogP contribution is 2.28. The van der Waals surface area contributed by atoms with E-state index in [9.17, 15) is 13.2 Å². The van der Waals surface area contributed by atoms with Crippen LogP contribution in [0.3, 0.4) is 0 Å². The van der Waals surface area contributed by atoms with Crippen molar-refractivity contribution in [2.45, 2.75) is 24.8 Å². The molecule has 0 N–H and O–H groups in total. The number of carbonyl (C=O) groups is 1. The van der Waals surface area contributed by atoms with Crippen LogP contribution in [-0.2, 0) is 14.8 Å². The second-order valence-electron chi connectivity index (χ2n) is 7.49. The third-order valence-electron chi connectivity index (χ3n) is 5.63.